The fourth-order valence-electron chi connectivity index (χ4n) is 4.90. The molecule has 2 aliphatic carbocycles. The van der Waals surface area contributed by atoms with Gasteiger partial charge in [-0.2, -0.15) is 0 Å². The van der Waals surface area contributed by atoms with Gasteiger partial charge in [0, 0.05) is 17.4 Å². The number of carbonyl (C=O) groups is 3. The maximum atomic E-state index is 13.3. The van der Waals surface area contributed by atoms with Crippen molar-refractivity contribution >= 4 is 23.3 Å². The van der Waals surface area contributed by atoms with Crippen molar-refractivity contribution < 1.29 is 23.9 Å². The molecule has 2 bridgehead atoms. The Hall–Kier alpha value is -3.15. The van der Waals surface area contributed by atoms with Crippen molar-refractivity contribution in [3.05, 3.63) is 59.7 Å². The number of anilines is 1. The monoisotopic (exact) mass is 435 g/mol. The van der Waals surface area contributed by atoms with Gasteiger partial charge in [0.15, 0.2) is 0 Å². The van der Waals surface area contributed by atoms with Crippen LogP contribution in [0.25, 0.3) is 0 Å². The van der Waals surface area contributed by atoms with E-state index in [1.54, 1.807) is 30.3 Å². The van der Waals surface area contributed by atoms with Gasteiger partial charge in [0.05, 0.1) is 18.7 Å². The highest BCUT2D eigenvalue weighted by atomic mass is 16.5. The van der Waals surface area contributed by atoms with E-state index in [2.05, 4.69) is 5.32 Å². The minimum atomic E-state index is -1.09. The average Bonchev–Trinajstić information content (AvgIpc) is 2.78. The highest BCUT2D eigenvalue weighted by Crippen LogP contribution is 2.41. The number of methoxy groups -OCH3 is 1. The van der Waals surface area contributed by atoms with Gasteiger partial charge in [-0.1, -0.05) is 42.8 Å². The number of nitrogens with one attached hydrogen (secondary N) is 1. The van der Waals surface area contributed by atoms with Crippen LogP contribution in [-0.4, -0.2) is 24.8 Å². The molecular formula is C26H29NO5. The van der Waals surface area contributed by atoms with Gasteiger partial charge in [0.2, 0.25) is 6.10 Å². The van der Waals surface area contributed by atoms with E-state index < -0.39 is 18.0 Å². The molecule has 0 aliphatic heterocycles. The van der Waals surface area contributed by atoms with Gasteiger partial charge in [-0.3, -0.25) is 14.4 Å². The number of amides is 1. The number of benzene rings is 2. The Morgan fingerprint density at radius 1 is 1.03 bits per heavy atom. The summed E-state index contributed by atoms with van der Waals surface area (Å²) in [4.78, 5) is 38.8. The summed E-state index contributed by atoms with van der Waals surface area (Å²) in [6, 6.07) is 14.5. The lowest BCUT2D eigenvalue weighted by molar-refractivity contribution is -0.162. The number of ether oxygens (including phenoxy) is 2. The number of Topliss-reactive ketones (excluding diaryl/α,β-unsaturated/α-hetero) is 1. The molecule has 0 heterocycles. The normalized spacial score (nSPS) is 23.2. The van der Waals surface area contributed by atoms with Gasteiger partial charge in [0.1, 0.15) is 11.5 Å². The van der Waals surface area contributed by atoms with Gasteiger partial charge in [-0.25, -0.2) is 0 Å². The number of esters is 1. The molecule has 0 aromatic heterocycles. The van der Waals surface area contributed by atoms with Crippen molar-refractivity contribution in [3.8, 4) is 5.75 Å². The molecule has 2 saturated carbocycles. The number of aryl methyl sites for hydroxylation is 1. The van der Waals surface area contributed by atoms with Crippen LogP contribution in [0.4, 0.5) is 5.69 Å². The Morgan fingerprint density at radius 2 is 1.72 bits per heavy atom. The van der Waals surface area contributed by atoms with Gasteiger partial charge in [-0.15, -0.1) is 0 Å². The standard InChI is InChI=1S/C26H29NO5/c1-16-11-12-22(31-2)21(13-16)27-25(29)24(17-7-4-3-5-8-17)32-26(30)20-14-18-9-6-10-19(15-20)23(18)28/h3-5,7-8,11-13,18-20,24H,6,9-10,14-15H2,1-2H3,(H,27,29). The Labute approximate surface area is 188 Å². The van der Waals surface area contributed by atoms with E-state index >= 15 is 0 Å². The molecule has 6 nitrogen and oxygen atoms in total. The molecule has 0 saturated heterocycles. The van der Waals surface area contributed by atoms with Gasteiger partial charge in [0.25, 0.3) is 5.91 Å². The molecule has 168 valence electrons. The second-order valence-corrected chi connectivity index (χ2v) is 8.82. The van der Waals surface area contributed by atoms with Crippen LogP contribution in [0, 0.1) is 24.7 Å². The summed E-state index contributed by atoms with van der Waals surface area (Å²) in [5.74, 6) is -0.489. The number of fused-ring (bicyclic) bond motifs is 2. The van der Waals surface area contributed by atoms with Crippen LogP contribution < -0.4 is 10.1 Å². The Morgan fingerprint density at radius 3 is 2.38 bits per heavy atom. The number of rotatable bonds is 6. The van der Waals surface area contributed by atoms with Crippen LogP contribution in [0.15, 0.2) is 48.5 Å². The van der Waals surface area contributed by atoms with Gasteiger partial charge < -0.3 is 14.8 Å². The molecule has 2 aromatic carbocycles. The van der Waals surface area contributed by atoms with Crippen LogP contribution >= 0.6 is 0 Å². The summed E-state index contributed by atoms with van der Waals surface area (Å²) in [7, 11) is 1.54. The Balaban J connectivity index is 1.54. The van der Waals surface area contributed by atoms with E-state index in [1.165, 1.54) is 7.11 Å². The Bertz CT molecular complexity index is 987. The van der Waals surface area contributed by atoms with E-state index in [1.807, 2.05) is 25.1 Å². The highest BCUT2D eigenvalue weighted by molar-refractivity contribution is 5.97. The van der Waals surface area contributed by atoms with E-state index in [-0.39, 0.29) is 17.8 Å². The van der Waals surface area contributed by atoms with E-state index in [0.717, 1.165) is 24.8 Å². The summed E-state index contributed by atoms with van der Waals surface area (Å²) in [6.07, 6.45) is 2.66. The molecule has 2 aliphatic rings. The number of hydrogen-bond donors (Lipinski definition) is 1. The summed E-state index contributed by atoms with van der Waals surface area (Å²) in [5.41, 5.74) is 2.08. The molecule has 32 heavy (non-hydrogen) atoms. The zero-order valence-electron chi connectivity index (χ0n) is 18.5. The molecule has 2 aromatic rings. The molecule has 0 radical (unpaired) electrons. The molecule has 0 spiro atoms. The molecule has 1 N–H and O–H groups in total. The van der Waals surface area contributed by atoms with E-state index in [4.69, 9.17) is 9.47 Å². The van der Waals surface area contributed by atoms with Crippen molar-refractivity contribution in [1.29, 1.82) is 0 Å². The number of hydrogen-bond acceptors (Lipinski definition) is 5. The smallest absolute Gasteiger partial charge is 0.310 e. The fraction of sp³-hybridized carbons (Fsp3) is 0.423. The average molecular weight is 436 g/mol. The first-order valence-electron chi connectivity index (χ1n) is 11.2. The third-order valence-corrected chi connectivity index (χ3v) is 6.57. The van der Waals surface area contributed by atoms with E-state index in [9.17, 15) is 14.4 Å². The maximum Gasteiger partial charge on any atom is 0.310 e. The van der Waals surface area contributed by atoms with Crippen molar-refractivity contribution in [2.75, 3.05) is 12.4 Å². The SMILES string of the molecule is COc1ccc(C)cc1NC(=O)C(OC(=O)C1CC2CCCC(C1)C2=O)c1ccccc1. The summed E-state index contributed by atoms with van der Waals surface area (Å²) < 4.78 is 11.2. The van der Waals surface area contributed by atoms with Crippen LogP contribution in [0.3, 0.4) is 0 Å². The molecule has 6 heteroatoms. The van der Waals surface area contributed by atoms with Crippen LogP contribution in [0.5, 0.6) is 5.75 Å². The van der Waals surface area contributed by atoms with Gasteiger partial charge >= 0.3 is 5.97 Å². The minimum absolute atomic E-state index is 0.0550. The largest absolute Gasteiger partial charge is 0.495 e. The number of carbonyl (C=O) groups excluding carboxylic acids is 3. The highest BCUT2D eigenvalue weighted by Gasteiger charge is 2.42. The molecule has 3 unspecified atom stereocenters. The van der Waals surface area contributed by atoms with Crippen LogP contribution in [0.1, 0.15) is 49.3 Å². The van der Waals surface area contributed by atoms with Crippen LogP contribution in [-0.2, 0) is 19.1 Å². The molecule has 3 atom stereocenters. The lowest BCUT2D eigenvalue weighted by atomic mass is 9.67. The predicted molar refractivity (Wildman–Crippen MR) is 120 cm³/mol. The maximum absolute atomic E-state index is 13.3. The predicted octanol–water partition coefficient (Wildman–Crippen LogP) is 4.62. The lowest BCUT2D eigenvalue weighted by Crippen LogP contribution is -2.40. The zero-order chi connectivity index (χ0) is 22.7. The summed E-state index contributed by atoms with van der Waals surface area (Å²) in [5, 5.41) is 2.86. The van der Waals surface area contributed by atoms with Crippen molar-refractivity contribution in [2.45, 2.75) is 45.1 Å². The molecule has 2 fully saturated rings. The second kappa shape index (κ2) is 9.55. The zero-order valence-corrected chi connectivity index (χ0v) is 18.5. The third-order valence-electron chi connectivity index (χ3n) is 6.57. The quantitative estimate of drug-likeness (QED) is 0.670. The first-order chi connectivity index (χ1) is 15.5. The Kier molecular flexibility index (Phi) is 6.58. The summed E-state index contributed by atoms with van der Waals surface area (Å²) >= 11 is 0. The topological polar surface area (TPSA) is 81.7 Å². The van der Waals surface area contributed by atoms with Crippen molar-refractivity contribution in [1.82, 2.24) is 0 Å². The minimum Gasteiger partial charge on any atom is -0.495 e. The molecule has 1 amide bonds. The molecular weight excluding hydrogens is 406 g/mol. The lowest BCUT2D eigenvalue weighted by Gasteiger charge is -2.36. The summed E-state index contributed by atoms with van der Waals surface area (Å²) in [6.45, 7) is 1.92. The fourth-order valence-corrected chi connectivity index (χ4v) is 4.90. The van der Waals surface area contributed by atoms with Crippen LogP contribution in [0.2, 0.25) is 0 Å². The first-order valence-corrected chi connectivity index (χ1v) is 11.2. The number of ketones is 1. The third kappa shape index (κ3) is 4.69. The van der Waals surface area contributed by atoms with Gasteiger partial charge in [-0.05, 0) is 50.3 Å². The van der Waals surface area contributed by atoms with Crippen molar-refractivity contribution in [2.24, 2.45) is 17.8 Å². The first kappa shape index (κ1) is 22.1. The second-order valence-electron chi connectivity index (χ2n) is 8.82. The van der Waals surface area contributed by atoms with Crippen molar-refractivity contribution in [3.63, 3.8) is 0 Å². The van der Waals surface area contributed by atoms with E-state index in [0.29, 0.717) is 35.6 Å². The molecule has 4 rings (SSSR count).